The Bertz CT molecular complexity index is 1030. The number of aliphatic hydroxyl groups excluding tert-OH is 1. The molecule has 0 saturated carbocycles. The van der Waals surface area contributed by atoms with E-state index in [-0.39, 0.29) is 16.9 Å². The summed E-state index contributed by atoms with van der Waals surface area (Å²) in [6, 6.07) is 9.73. The molecular formula is C24H27FN2O5. The Kier molecular flexibility index (Phi) is 7.15. The lowest BCUT2D eigenvalue weighted by molar-refractivity contribution is -0.139. The maximum absolute atomic E-state index is 14.0. The first-order chi connectivity index (χ1) is 15.3. The maximum atomic E-state index is 14.0. The molecule has 1 aliphatic heterocycles. The molecule has 1 saturated heterocycles. The minimum absolute atomic E-state index is 0.0114. The first kappa shape index (κ1) is 23.3. The van der Waals surface area contributed by atoms with Crippen molar-refractivity contribution in [2.75, 3.05) is 41.4 Å². The third-order valence-corrected chi connectivity index (χ3v) is 5.39. The van der Waals surface area contributed by atoms with Crippen LogP contribution in [0.15, 0.2) is 48.0 Å². The Hall–Kier alpha value is -3.39. The van der Waals surface area contributed by atoms with Gasteiger partial charge in [0.05, 0.1) is 31.4 Å². The minimum Gasteiger partial charge on any atom is -0.507 e. The predicted octanol–water partition coefficient (Wildman–Crippen LogP) is 3.22. The summed E-state index contributed by atoms with van der Waals surface area (Å²) in [5.41, 5.74) is 0.540. The van der Waals surface area contributed by atoms with Gasteiger partial charge in [0.15, 0.2) is 0 Å². The van der Waals surface area contributed by atoms with Gasteiger partial charge in [0.1, 0.15) is 23.1 Å². The molecule has 2 aromatic carbocycles. The monoisotopic (exact) mass is 442 g/mol. The third kappa shape index (κ3) is 4.60. The smallest absolute Gasteiger partial charge is 0.295 e. The number of ether oxygens (including phenoxy) is 2. The largest absolute Gasteiger partial charge is 0.507 e. The Balaban J connectivity index is 2.15. The standard InChI is InChI=1S/C24H27FN2O5/c1-26(2)12-5-13-27-21(15-6-9-17(31-3)10-7-15)20(23(29)24(27)30)22(28)18-14-16(25)8-11-19(18)32-4/h6-11,14,21,28H,5,12-13H2,1-4H3/b22-20+/t21-/m0/s1. The second-order valence-corrected chi connectivity index (χ2v) is 7.77. The molecule has 1 heterocycles. The summed E-state index contributed by atoms with van der Waals surface area (Å²) in [5.74, 6) is -1.80. The van der Waals surface area contributed by atoms with E-state index in [4.69, 9.17) is 9.47 Å². The lowest BCUT2D eigenvalue weighted by Crippen LogP contribution is -2.32. The van der Waals surface area contributed by atoms with Crippen LogP contribution in [0.4, 0.5) is 4.39 Å². The third-order valence-electron chi connectivity index (χ3n) is 5.39. The van der Waals surface area contributed by atoms with Gasteiger partial charge in [-0.3, -0.25) is 9.59 Å². The summed E-state index contributed by atoms with van der Waals surface area (Å²) >= 11 is 0. The topological polar surface area (TPSA) is 79.3 Å². The van der Waals surface area contributed by atoms with E-state index >= 15 is 0 Å². The molecule has 0 unspecified atom stereocenters. The highest BCUT2D eigenvalue weighted by molar-refractivity contribution is 6.46. The second-order valence-electron chi connectivity index (χ2n) is 7.77. The van der Waals surface area contributed by atoms with Crippen molar-refractivity contribution in [3.8, 4) is 11.5 Å². The molecule has 1 N–H and O–H groups in total. The number of amides is 1. The first-order valence-electron chi connectivity index (χ1n) is 10.2. The van der Waals surface area contributed by atoms with Crippen molar-refractivity contribution in [2.45, 2.75) is 12.5 Å². The van der Waals surface area contributed by atoms with Crippen LogP contribution >= 0.6 is 0 Å². The summed E-state index contributed by atoms with van der Waals surface area (Å²) in [6.45, 7) is 1.03. The average molecular weight is 442 g/mol. The van der Waals surface area contributed by atoms with Gasteiger partial charge in [-0.2, -0.15) is 0 Å². The predicted molar refractivity (Wildman–Crippen MR) is 118 cm³/mol. The van der Waals surface area contributed by atoms with Crippen molar-refractivity contribution in [3.05, 3.63) is 65.0 Å². The summed E-state index contributed by atoms with van der Waals surface area (Å²) in [4.78, 5) is 29.4. The van der Waals surface area contributed by atoms with Gasteiger partial charge >= 0.3 is 0 Å². The van der Waals surface area contributed by atoms with Crippen LogP contribution in [-0.2, 0) is 9.59 Å². The van der Waals surface area contributed by atoms with Gasteiger partial charge in [-0.05, 0) is 63.0 Å². The fourth-order valence-electron chi connectivity index (χ4n) is 3.81. The van der Waals surface area contributed by atoms with Gasteiger partial charge in [-0.25, -0.2) is 4.39 Å². The number of nitrogens with zero attached hydrogens (tertiary/aromatic N) is 2. The molecule has 0 radical (unpaired) electrons. The van der Waals surface area contributed by atoms with Crippen molar-refractivity contribution >= 4 is 17.4 Å². The lowest BCUT2D eigenvalue weighted by atomic mass is 9.95. The molecule has 2 aromatic rings. The number of hydrogen-bond acceptors (Lipinski definition) is 6. The number of ketones is 1. The van der Waals surface area contributed by atoms with Crippen molar-refractivity contribution in [3.63, 3.8) is 0 Å². The second kappa shape index (κ2) is 9.82. The minimum atomic E-state index is -0.823. The Morgan fingerprint density at radius 2 is 1.78 bits per heavy atom. The maximum Gasteiger partial charge on any atom is 0.295 e. The van der Waals surface area contributed by atoms with Gasteiger partial charge in [0, 0.05) is 6.54 Å². The van der Waals surface area contributed by atoms with Crippen molar-refractivity contribution < 1.29 is 28.6 Å². The quantitative estimate of drug-likeness (QED) is 0.384. The number of halogens is 1. The molecule has 0 spiro atoms. The van der Waals surface area contributed by atoms with E-state index in [1.165, 1.54) is 24.1 Å². The van der Waals surface area contributed by atoms with Crippen LogP contribution < -0.4 is 9.47 Å². The molecule has 3 rings (SSSR count). The molecule has 0 bridgehead atoms. The summed E-state index contributed by atoms with van der Waals surface area (Å²) in [6.07, 6.45) is 0.635. The Labute approximate surface area is 186 Å². The van der Waals surface area contributed by atoms with Crippen LogP contribution in [0, 0.1) is 5.82 Å². The van der Waals surface area contributed by atoms with Crippen LogP contribution in [-0.4, -0.2) is 68.0 Å². The number of Topliss-reactive ketones (excluding diaryl/α,β-unsaturated/α-hetero) is 1. The molecule has 7 nitrogen and oxygen atoms in total. The highest BCUT2D eigenvalue weighted by Gasteiger charge is 2.46. The molecule has 170 valence electrons. The molecule has 1 aliphatic rings. The normalized spacial score (nSPS) is 17.8. The van der Waals surface area contributed by atoms with E-state index in [2.05, 4.69) is 0 Å². The fourth-order valence-corrected chi connectivity index (χ4v) is 3.81. The fraction of sp³-hybridized carbons (Fsp3) is 0.333. The van der Waals surface area contributed by atoms with E-state index in [9.17, 15) is 19.1 Å². The van der Waals surface area contributed by atoms with Crippen LogP contribution in [0.5, 0.6) is 11.5 Å². The number of rotatable bonds is 8. The van der Waals surface area contributed by atoms with Gasteiger partial charge in [0.25, 0.3) is 11.7 Å². The van der Waals surface area contributed by atoms with Gasteiger partial charge < -0.3 is 24.4 Å². The zero-order chi connectivity index (χ0) is 23.4. The molecular weight excluding hydrogens is 415 g/mol. The molecule has 1 atom stereocenters. The van der Waals surface area contributed by atoms with Crippen molar-refractivity contribution in [2.24, 2.45) is 0 Å². The SMILES string of the molecule is COc1ccc([C@H]2/C(=C(\O)c3cc(F)ccc3OC)C(=O)C(=O)N2CCCN(C)C)cc1. The van der Waals surface area contributed by atoms with Crippen LogP contribution in [0.25, 0.3) is 5.76 Å². The number of benzene rings is 2. The van der Waals surface area contributed by atoms with Gasteiger partial charge in [-0.15, -0.1) is 0 Å². The highest BCUT2D eigenvalue weighted by atomic mass is 19.1. The number of hydrogen-bond donors (Lipinski definition) is 1. The summed E-state index contributed by atoms with van der Waals surface area (Å²) < 4.78 is 24.4. The number of carbonyl (C=O) groups is 2. The van der Waals surface area contributed by atoms with Crippen LogP contribution in [0.2, 0.25) is 0 Å². The van der Waals surface area contributed by atoms with E-state index in [0.717, 1.165) is 12.6 Å². The van der Waals surface area contributed by atoms with Crippen LogP contribution in [0.3, 0.4) is 0 Å². The summed E-state index contributed by atoms with van der Waals surface area (Å²) in [5, 5.41) is 11.1. The zero-order valence-corrected chi connectivity index (χ0v) is 18.6. The van der Waals surface area contributed by atoms with Crippen LogP contribution in [0.1, 0.15) is 23.6 Å². The Morgan fingerprint density at radius 3 is 2.38 bits per heavy atom. The molecule has 1 fully saturated rings. The van der Waals surface area contributed by atoms with Gasteiger partial charge in [-0.1, -0.05) is 12.1 Å². The Morgan fingerprint density at radius 1 is 1.09 bits per heavy atom. The molecule has 0 aliphatic carbocycles. The van der Waals surface area contributed by atoms with E-state index in [1.807, 2.05) is 19.0 Å². The molecule has 8 heteroatoms. The number of carbonyl (C=O) groups excluding carboxylic acids is 2. The van der Waals surface area contributed by atoms with E-state index in [0.29, 0.717) is 24.3 Å². The highest BCUT2D eigenvalue weighted by Crippen LogP contribution is 2.41. The molecule has 0 aromatic heterocycles. The molecule has 1 amide bonds. The van der Waals surface area contributed by atoms with Crippen molar-refractivity contribution in [1.29, 1.82) is 0 Å². The zero-order valence-electron chi connectivity index (χ0n) is 18.6. The number of aliphatic hydroxyl groups is 1. The molecule has 32 heavy (non-hydrogen) atoms. The van der Waals surface area contributed by atoms with E-state index in [1.54, 1.807) is 31.4 Å². The lowest BCUT2D eigenvalue weighted by Gasteiger charge is -2.26. The average Bonchev–Trinajstić information content (AvgIpc) is 3.03. The van der Waals surface area contributed by atoms with E-state index < -0.39 is 29.3 Å². The number of methoxy groups -OCH3 is 2. The van der Waals surface area contributed by atoms with Gasteiger partial charge in [0.2, 0.25) is 0 Å². The summed E-state index contributed by atoms with van der Waals surface area (Å²) in [7, 11) is 6.76. The first-order valence-corrected chi connectivity index (χ1v) is 10.2. The number of likely N-dealkylation sites (tertiary alicyclic amines) is 1. The van der Waals surface area contributed by atoms with Crippen molar-refractivity contribution in [1.82, 2.24) is 9.80 Å².